The molecule has 30 heteroatoms. The Morgan fingerprint density at radius 1 is 0.560 bits per heavy atom. The largest absolute Gasteiger partial charge is 0.485 e. The van der Waals surface area contributed by atoms with Crippen LogP contribution in [0.1, 0.15) is 0 Å². The molecule has 0 N–H and O–H groups in total. The molecule has 2 heterocycles. The zero-order valence-electron chi connectivity index (χ0n) is 22.1. The predicted octanol–water partition coefficient (Wildman–Crippen LogP) is 9.86. The molecule has 0 spiro atoms. The minimum Gasteiger partial charge on any atom is -0.485 e. The smallest absolute Gasteiger partial charge is 0.460 e. The molecule has 0 aromatic carbocycles. The molecule has 0 bridgehead atoms. The highest BCUT2D eigenvalue weighted by Crippen LogP contribution is 2.67. The van der Waals surface area contributed by atoms with Gasteiger partial charge in [-0.1, -0.05) is 0 Å². The zero-order chi connectivity index (χ0) is 39.8. The van der Waals surface area contributed by atoms with E-state index in [1.54, 1.807) is 0 Å². The Kier molecular flexibility index (Phi) is 10.7. The van der Waals surface area contributed by atoms with Gasteiger partial charge < -0.3 is 14.4 Å². The van der Waals surface area contributed by atoms with Crippen molar-refractivity contribution in [2.75, 3.05) is 13.2 Å². The Morgan fingerprint density at radius 2 is 0.920 bits per heavy atom. The van der Waals surface area contributed by atoms with E-state index in [1.165, 1.54) is 5.38 Å². The van der Waals surface area contributed by atoms with Crippen molar-refractivity contribution in [2.45, 2.75) is 71.5 Å². The molecule has 4 nitrogen and oxygen atoms in total. The molecule has 0 radical (unpaired) electrons. The van der Waals surface area contributed by atoms with Crippen LogP contribution >= 0.6 is 11.3 Å². The van der Waals surface area contributed by atoms with Crippen molar-refractivity contribution in [1.82, 2.24) is 0 Å². The molecule has 292 valence electrons. The maximum Gasteiger partial charge on any atom is 0.460 e. The molecule has 2 rings (SSSR count). The number of rotatable bonds is 14. The van der Waals surface area contributed by atoms with Crippen LogP contribution < -0.4 is 9.47 Å². The van der Waals surface area contributed by atoms with Crippen LogP contribution in [0.3, 0.4) is 0 Å². The van der Waals surface area contributed by atoms with Gasteiger partial charge in [-0.3, -0.25) is 0 Å². The van der Waals surface area contributed by atoms with Gasteiger partial charge in [0.15, 0.2) is 17.6 Å². The highest BCUT2D eigenvalue weighted by Gasteiger charge is 2.99. The monoisotopic (exact) mass is 818 g/mol. The molecular formula is C20H7F25O4S. The summed E-state index contributed by atoms with van der Waals surface area (Å²) in [6.07, 6.45) is -14.3. The van der Waals surface area contributed by atoms with Crippen LogP contribution in [0.25, 0.3) is 0 Å². The van der Waals surface area contributed by atoms with Gasteiger partial charge in [-0.05, 0) is 0 Å². The highest BCUT2D eigenvalue weighted by atomic mass is 32.1. The average Bonchev–Trinajstić information content (AvgIpc) is 3.41. The lowest BCUT2D eigenvalue weighted by atomic mass is 9.85. The van der Waals surface area contributed by atoms with E-state index in [2.05, 4.69) is 9.78 Å². The lowest BCUT2D eigenvalue weighted by Gasteiger charge is -2.45. The first-order valence-corrected chi connectivity index (χ1v) is 12.4. The molecule has 1 aromatic rings. The maximum atomic E-state index is 14.2. The Morgan fingerprint density at radius 3 is 1.30 bits per heavy atom. The van der Waals surface area contributed by atoms with Gasteiger partial charge in [0.2, 0.25) is 0 Å². The third kappa shape index (κ3) is 5.87. The van der Waals surface area contributed by atoms with E-state index in [9.17, 15) is 110 Å². The molecule has 1 unspecified atom stereocenters. The van der Waals surface area contributed by atoms with Crippen LogP contribution in [0.4, 0.5) is 110 Å². The SMILES string of the molecule is FC(F)=C(OOCC1COc2cscc2O1)C(F)(F)C(F)(F)C(F)(F)C(F)(F)C(F)(F)C(F)(F)C(F)(F)C(F)(F)C(F)(F)C(F)(F)C(F)(F)F. The lowest BCUT2D eigenvalue weighted by Crippen LogP contribution is -2.77. The summed E-state index contributed by atoms with van der Waals surface area (Å²) in [7, 11) is 0. The highest BCUT2D eigenvalue weighted by molar-refractivity contribution is 7.08. The zero-order valence-corrected chi connectivity index (χ0v) is 23.0. The Hall–Kier alpha value is -2.95. The number of allylic oxidation sites excluding steroid dienone is 1. The van der Waals surface area contributed by atoms with Crippen LogP contribution in [0.2, 0.25) is 0 Å². The van der Waals surface area contributed by atoms with Crippen molar-refractivity contribution < 1.29 is 129 Å². The number of hydrogen-bond acceptors (Lipinski definition) is 5. The Balaban J connectivity index is 2.53. The number of thiophene rings is 1. The van der Waals surface area contributed by atoms with E-state index in [1.807, 2.05) is 0 Å². The summed E-state index contributed by atoms with van der Waals surface area (Å²) in [4.78, 5) is 6.58. The predicted molar refractivity (Wildman–Crippen MR) is 106 cm³/mol. The first-order chi connectivity index (χ1) is 21.9. The van der Waals surface area contributed by atoms with Gasteiger partial charge in [0.05, 0.1) is 0 Å². The summed E-state index contributed by atoms with van der Waals surface area (Å²) in [5.41, 5.74) is 0. The summed E-state index contributed by atoms with van der Waals surface area (Å²) < 4.78 is 347. The van der Waals surface area contributed by atoms with Gasteiger partial charge in [0, 0.05) is 10.8 Å². The summed E-state index contributed by atoms with van der Waals surface area (Å²) in [5, 5.41) is 2.43. The van der Waals surface area contributed by atoms with E-state index < -0.39 is 96.6 Å². The minimum absolute atomic E-state index is 0.00582. The molecule has 0 saturated heterocycles. The Labute approximate surface area is 260 Å². The van der Waals surface area contributed by atoms with Crippen LogP contribution in [0, 0.1) is 0 Å². The van der Waals surface area contributed by atoms with Gasteiger partial charge in [-0.2, -0.15) is 115 Å². The molecule has 1 aliphatic rings. The normalized spacial score (nSPS) is 17.9. The summed E-state index contributed by atoms with van der Waals surface area (Å²) in [6.45, 7) is -2.24. The van der Waals surface area contributed by atoms with Gasteiger partial charge in [0.25, 0.3) is 5.76 Å². The number of hydrogen-bond donors (Lipinski definition) is 0. The second kappa shape index (κ2) is 12.3. The van der Waals surface area contributed by atoms with Crippen molar-refractivity contribution in [1.29, 1.82) is 0 Å². The molecule has 50 heavy (non-hydrogen) atoms. The van der Waals surface area contributed by atoms with Crippen molar-refractivity contribution in [3.63, 3.8) is 0 Å². The molecule has 1 aromatic heterocycles. The minimum atomic E-state index is -9.62. The molecule has 0 amide bonds. The first-order valence-electron chi connectivity index (χ1n) is 11.4. The molecule has 0 aliphatic carbocycles. The summed E-state index contributed by atoms with van der Waals surface area (Å²) in [5.74, 6) is -95.9. The topological polar surface area (TPSA) is 36.9 Å². The lowest BCUT2D eigenvalue weighted by molar-refractivity contribution is -0.478. The van der Waals surface area contributed by atoms with Crippen molar-refractivity contribution in [3.8, 4) is 11.5 Å². The molecule has 1 atom stereocenters. The summed E-state index contributed by atoms with van der Waals surface area (Å²) in [6, 6.07) is 0. The summed E-state index contributed by atoms with van der Waals surface area (Å²) >= 11 is 0.882. The molecule has 0 fully saturated rings. The van der Waals surface area contributed by atoms with E-state index in [4.69, 9.17) is 9.47 Å². The van der Waals surface area contributed by atoms with Gasteiger partial charge >= 0.3 is 71.5 Å². The molecular weight excluding hydrogens is 811 g/mol. The number of alkyl halides is 23. The maximum absolute atomic E-state index is 14.2. The van der Waals surface area contributed by atoms with Gasteiger partial charge in [0.1, 0.15) is 13.2 Å². The quantitative estimate of drug-likeness (QED) is 0.0812. The fourth-order valence-corrected chi connectivity index (χ4v) is 3.88. The van der Waals surface area contributed by atoms with E-state index >= 15 is 0 Å². The van der Waals surface area contributed by atoms with Gasteiger partial charge in [-0.15, -0.1) is 11.3 Å². The third-order valence-electron chi connectivity index (χ3n) is 6.07. The first kappa shape index (κ1) is 43.2. The fraction of sp³-hybridized carbons (Fsp3) is 0.700. The van der Waals surface area contributed by atoms with E-state index in [0.717, 1.165) is 16.7 Å². The standard InChI is InChI=1S/C20H7F25O4S/c21-9(22)8(49-47-2-5-1-46-6-3-50-4-7(6)48-5)10(23,24)11(25,26)12(27,28)13(29,30)14(31,32)15(33,34)16(35,36)17(37,38)18(39,40)19(41,42)20(43,44)45/h3-5H,1-2H2. The Bertz CT molecular complexity index is 1410. The molecule has 0 saturated carbocycles. The van der Waals surface area contributed by atoms with Crippen molar-refractivity contribution in [2.24, 2.45) is 0 Å². The third-order valence-corrected chi connectivity index (χ3v) is 6.77. The number of fused-ring (bicyclic) bond motifs is 1. The van der Waals surface area contributed by atoms with E-state index in [0.29, 0.717) is 0 Å². The van der Waals surface area contributed by atoms with Crippen molar-refractivity contribution >= 4 is 11.3 Å². The van der Waals surface area contributed by atoms with Crippen LogP contribution in [0.15, 0.2) is 22.6 Å². The number of ether oxygens (including phenoxy) is 2. The molecule has 1 aliphatic heterocycles. The van der Waals surface area contributed by atoms with Crippen LogP contribution in [-0.4, -0.2) is 84.7 Å². The van der Waals surface area contributed by atoms with Crippen LogP contribution in [-0.2, 0) is 9.78 Å². The second-order valence-electron chi connectivity index (χ2n) is 9.35. The van der Waals surface area contributed by atoms with Gasteiger partial charge in [-0.25, -0.2) is 0 Å². The van der Waals surface area contributed by atoms with E-state index in [-0.39, 0.29) is 11.5 Å². The second-order valence-corrected chi connectivity index (χ2v) is 10.1. The fourth-order valence-electron chi connectivity index (χ4n) is 3.21. The average molecular weight is 818 g/mol. The van der Waals surface area contributed by atoms with Crippen molar-refractivity contribution in [3.05, 3.63) is 22.6 Å². The number of halogens is 25. The van der Waals surface area contributed by atoms with Crippen LogP contribution in [0.5, 0.6) is 11.5 Å².